The Balaban J connectivity index is 2.31. The number of aromatic nitrogens is 1. The van der Waals surface area contributed by atoms with Crippen LogP contribution in [0.1, 0.15) is 19.4 Å². The van der Waals surface area contributed by atoms with E-state index in [1.807, 2.05) is 31.2 Å². The summed E-state index contributed by atoms with van der Waals surface area (Å²) in [7, 11) is -2.53. The molecule has 0 atom stereocenters. The normalized spacial score (nSPS) is 11.2. The second kappa shape index (κ2) is 7.52. The fraction of sp³-hybridized carbons (Fsp3) is 0.294. The van der Waals surface area contributed by atoms with Gasteiger partial charge in [-0.2, -0.15) is 0 Å². The van der Waals surface area contributed by atoms with Crippen molar-refractivity contribution in [3.63, 3.8) is 0 Å². The quantitative estimate of drug-likeness (QED) is 0.853. The van der Waals surface area contributed by atoms with Crippen LogP contribution in [0.2, 0.25) is 0 Å². The zero-order valence-electron chi connectivity index (χ0n) is 14.6. The van der Waals surface area contributed by atoms with Gasteiger partial charge in [-0.25, -0.2) is 17.9 Å². The molecule has 1 aromatic carbocycles. The lowest BCUT2D eigenvalue weighted by molar-refractivity contribution is 0.203. The first-order valence-electron chi connectivity index (χ1n) is 7.78. The van der Waals surface area contributed by atoms with Crippen molar-refractivity contribution < 1.29 is 13.2 Å². The third-order valence-corrected chi connectivity index (χ3v) is 5.04. The van der Waals surface area contributed by atoms with Crippen LogP contribution < -0.4 is 10.0 Å². The molecule has 2 aromatic rings. The molecule has 1 heterocycles. The molecule has 0 aliphatic heterocycles. The smallest absolute Gasteiger partial charge is 0.331 e. The summed E-state index contributed by atoms with van der Waals surface area (Å²) in [5.74, 6) is 0. The van der Waals surface area contributed by atoms with Crippen molar-refractivity contribution in [3.8, 4) is 0 Å². The fourth-order valence-corrected chi connectivity index (χ4v) is 3.14. The molecule has 1 aromatic heterocycles. The van der Waals surface area contributed by atoms with E-state index in [9.17, 15) is 13.2 Å². The molecule has 0 fully saturated rings. The largest absolute Gasteiger partial charge is 0.354 e. The number of benzene rings is 1. The number of urea groups is 1. The first-order chi connectivity index (χ1) is 11.7. The Hall–Kier alpha value is -2.61. The molecular weight excluding hydrogens is 340 g/mol. The molecule has 7 nitrogen and oxygen atoms in total. The maximum atomic E-state index is 12.6. The van der Waals surface area contributed by atoms with Crippen molar-refractivity contribution in [2.24, 2.45) is 0 Å². The highest BCUT2D eigenvalue weighted by atomic mass is 32.2. The third kappa shape index (κ3) is 4.69. The summed E-state index contributed by atoms with van der Waals surface area (Å²) in [6, 6.07) is 8.25. The SMILES string of the molecule is Cc1cccc(Nc2ccncc2S(=O)(=O)NC(=O)N(C)C(C)C)c1. The van der Waals surface area contributed by atoms with E-state index in [0.717, 1.165) is 11.3 Å². The Morgan fingerprint density at radius 2 is 1.96 bits per heavy atom. The number of pyridine rings is 1. The van der Waals surface area contributed by atoms with E-state index in [-0.39, 0.29) is 10.9 Å². The van der Waals surface area contributed by atoms with Crippen molar-refractivity contribution in [1.29, 1.82) is 0 Å². The minimum atomic E-state index is -4.07. The maximum absolute atomic E-state index is 12.6. The lowest BCUT2D eigenvalue weighted by Gasteiger charge is -2.22. The first-order valence-corrected chi connectivity index (χ1v) is 9.26. The molecule has 8 heteroatoms. The summed E-state index contributed by atoms with van der Waals surface area (Å²) in [5, 5.41) is 3.06. The molecule has 0 aliphatic carbocycles. The van der Waals surface area contributed by atoms with Gasteiger partial charge in [-0.1, -0.05) is 12.1 Å². The van der Waals surface area contributed by atoms with Crippen LogP contribution in [0.4, 0.5) is 16.2 Å². The number of nitrogens with zero attached hydrogens (tertiary/aromatic N) is 2. The number of hydrogen-bond acceptors (Lipinski definition) is 5. The van der Waals surface area contributed by atoms with Crippen molar-refractivity contribution in [1.82, 2.24) is 14.6 Å². The number of carbonyl (C=O) groups is 1. The second-order valence-electron chi connectivity index (χ2n) is 5.98. The molecule has 2 amide bonds. The van der Waals surface area contributed by atoms with E-state index in [2.05, 4.69) is 15.0 Å². The Morgan fingerprint density at radius 3 is 2.60 bits per heavy atom. The number of nitrogens with one attached hydrogen (secondary N) is 2. The van der Waals surface area contributed by atoms with Gasteiger partial charge in [0.1, 0.15) is 4.90 Å². The van der Waals surface area contributed by atoms with Crippen LogP contribution in [0.5, 0.6) is 0 Å². The van der Waals surface area contributed by atoms with Gasteiger partial charge in [-0.3, -0.25) is 4.98 Å². The molecule has 0 spiro atoms. The van der Waals surface area contributed by atoms with E-state index in [4.69, 9.17) is 0 Å². The summed E-state index contributed by atoms with van der Waals surface area (Å²) >= 11 is 0. The van der Waals surface area contributed by atoms with Gasteiger partial charge < -0.3 is 10.2 Å². The van der Waals surface area contributed by atoms with Gasteiger partial charge in [-0.05, 0) is 44.5 Å². The number of hydrogen-bond donors (Lipinski definition) is 2. The molecule has 0 radical (unpaired) electrons. The second-order valence-corrected chi connectivity index (χ2v) is 7.63. The highest BCUT2D eigenvalue weighted by molar-refractivity contribution is 7.90. The number of sulfonamides is 1. The molecule has 0 aliphatic rings. The first kappa shape index (κ1) is 18.7. The number of anilines is 2. The predicted molar refractivity (Wildman–Crippen MR) is 97.3 cm³/mol. The van der Waals surface area contributed by atoms with Gasteiger partial charge in [0.15, 0.2) is 0 Å². The monoisotopic (exact) mass is 362 g/mol. The van der Waals surface area contributed by atoms with Gasteiger partial charge in [0.05, 0.1) is 5.69 Å². The van der Waals surface area contributed by atoms with Crippen LogP contribution in [0.15, 0.2) is 47.6 Å². The molecule has 0 unspecified atom stereocenters. The van der Waals surface area contributed by atoms with Crippen LogP contribution in [-0.4, -0.2) is 37.4 Å². The van der Waals surface area contributed by atoms with E-state index in [1.165, 1.54) is 24.3 Å². The molecule has 25 heavy (non-hydrogen) atoms. The predicted octanol–water partition coefficient (Wildman–Crippen LogP) is 2.87. The van der Waals surface area contributed by atoms with Gasteiger partial charge in [0, 0.05) is 31.2 Å². The summed E-state index contributed by atoms with van der Waals surface area (Å²) < 4.78 is 27.3. The lowest BCUT2D eigenvalue weighted by Crippen LogP contribution is -2.43. The lowest BCUT2D eigenvalue weighted by atomic mass is 10.2. The van der Waals surface area contributed by atoms with Crippen LogP contribution in [-0.2, 0) is 10.0 Å². The molecule has 134 valence electrons. The molecule has 0 saturated carbocycles. The molecule has 0 bridgehead atoms. The Bertz CT molecular complexity index is 866. The Labute approximate surface area is 148 Å². The minimum Gasteiger partial charge on any atom is -0.354 e. The van der Waals surface area contributed by atoms with E-state index < -0.39 is 16.1 Å². The highest BCUT2D eigenvalue weighted by Crippen LogP contribution is 2.24. The Morgan fingerprint density at radius 1 is 1.24 bits per heavy atom. The molecule has 0 saturated heterocycles. The summed E-state index contributed by atoms with van der Waals surface area (Å²) in [6.45, 7) is 5.53. The van der Waals surface area contributed by atoms with Crippen LogP contribution in [0.25, 0.3) is 0 Å². The molecular formula is C17H22N4O3S. The van der Waals surface area contributed by atoms with Crippen LogP contribution >= 0.6 is 0 Å². The molecule has 2 rings (SSSR count). The van der Waals surface area contributed by atoms with Crippen molar-refractivity contribution >= 4 is 27.4 Å². The Kier molecular flexibility index (Phi) is 5.63. The average molecular weight is 362 g/mol. The minimum absolute atomic E-state index is 0.0954. The van der Waals surface area contributed by atoms with E-state index in [1.54, 1.807) is 19.9 Å². The topological polar surface area (TPSA) is 91.4 Å². The van der Waals surface area contributed by atoms with Gasteiger partial charge in [0.2, 0.25) is 0 Å². The van der Waals surface area contributed by atoms with Crippen molar-refractivity contribution in [3.05, 3.63) is 48.3 Å². The highest BCUT2D eigenvalue weighted by Gasteiger charge is 2.24. The summed E-state index contributed by atoms with van der Waals surface area (Å²) in [4.78, 5) is 17.2. The van der Waals surface area contributed by atoms with Gasteiger partial charge in [0.25, 0.3) is 10.0 Å². The van der Waals surface area contributed by atoms with Gasteiger partial charge in [-0.15, -0.1) is 0 Å². The van der Waals surface area contributed by atoms with E-state index >= 15 is 0 Å². The van der Waals surface area contributed by atoms with Crippen LogP contribution in [0, 0.1) is 6.92 Å². The van der Waals surface area contributed by atoms with Crippen molar-refractivity contribution in [2.75, 3.05) is 12.4 Å². The summed E-state index contributed by atoms with van der Waals surface area (Å²) in [5.41, 5.74) is 2.12. The summed E-state index contributed by atoms with van der Waals surface area (Å²) in [6.07, 6.45) is 2.70. The van der Waals surface area contributed by atoms with Crippen molar-refractivity contribution in [2.45, 2.75) is 31.7 Å². The maximum Gasteiger partial charge on any atom is 0.331 e. The van der Waals surface area contributed by atoms with Crippen LogP contribution in [0.3, 0.4) is 0 Å². The zero-order chi connectivity index (χ0) is 18.6. The molecule has 2 N–H and O–H groups in total. The third-order valence-electron chi connectivity index (χ3n) is 3.69. The number of carbonyl (C=O) groups excluding carboxylic acids is 1. The number of rotatable bonds is 5. The standard InChI is InChI=1S/C17H22N4O3S/c1-12(2)21(4)17(22)20-25(23,24)16-11-18-9-8-15(16)19-14-7-5-6-13(3)10-14/h5-12H,1-4H3,(H,18,19)(H,20,22). The zero-order valence-corrected chi connectivity index (χ0v) is 15.5. The van der Waals surface area contributed by atoms with E-state index in [0.29, 0.717) is 5.69 Å². The average Bonchev–Trinajstić information content (AvgIpc) is 2.54. The van der Waals surface area contributed by atoms with Gasteiger partial charge >= 0.3 is 6.03 Å². The number of aryl methyl sites for hydroxylation is 1. The number of amides is 2. The fourth-order valence-electron chi connectivity index (χ4n) is 2.05.